The number of anilines is 1. The number of nitrogens with one attached hydrogen (secondary N) is 1. The number of carbonyl (C=O) groups excluding carboxylic acids is 1. The molecule has 0 atom stereocenters. The van der Waals surface area contributed by atoms with Crippen molar-refractivity contribution in [1.29, 1.82) is 5.26 Å². The van der Waals surface area contributed by atoms with Crippen LogP contribution in [0.25, 0.3) is 22.4 Å². The number of aryl methyl sites for hydroxylation is 3. The summed E-state index contributed by atoms with van der Waals surface area (Å²) in [5, 5.41) is 13.5. The number of hydrogen-bond acceptors (Lipinski definition) is 4. The Morgan fingerprint density at radius 1 is 0.882 bits per heavy atom. The lowest BCUT2D eigenvalue weighted by Gasteiger charge is -2.13. The fourth-order valence-corrected chi connectivity index (χ4v) is 4.63. The molecule has 168 valence electrons. The zero-order valence-corrected chi connectivity index (χ0v) is 20.2. The molecule has 0 unspecified atom stereocenters. The average Bonchev–Trinajstić information content (AvgIpc) is 2.82. The second kappa shape index (κ2) is 10.4. The van der Waals surface area contributed by atoms with Gasteiger partial charge in [0.1, 0.15) is 11.1 Å². The lowest BCUT2D eigenvalue weighted by atomic mass is 9.98. The van der Waals surface area contributed by atoms with Gasteiger partial charge in [-0.1, -0.05) is 78.0 Å². The number of pyridine rings is 1. The molecular weight excluding hydrogens is 438 g/mol. The van der Waals surface area contributed by atoms with Crippen LogP contribution in [-0.4, -0.2) is 16.6 Å². The van der Waals surface area contributed by atoms with Crippen LogP contribution in [0, 0.1) is 32.1 Å². The number of thioether (sulfide) groups is 1. The quantitative estimate of drug-likeness (QED) is 0.314. The van der Waals surface area contributed by atoms with Gasteiger partial charge in [-0.25, -0.2) is 4.98 Å². The molecular formula is C29H25N3OS. The number of nitriles is 1. The second-order valence-electron chi connectivity index (χ2n) is 8.29. The SMILES string of the molecule is Cc1ccc(-c2cc(-c3ccccc3)nc(SCC(=O)Nc3cc(C)cc(C)c3)c2C#N)cc1. The maximum absolute atomic E-state index is 12.7. The first-order chi connectivity index (χ1) is 16.4. The van der Waals surface area contributed by atoms with Crippen LogP contribution >= 0.6 is 11.8 Å². The third-order valence-corrected chi connectivity index (χ3v) is 6.35. The van der Waals surface area contributed by atoms with Crippen LogP contribution in [0.1, 0.15) is 22.3 Å². The first kappa shape index (κ1) is 23.3. The van der Waals surface area contributed by atoms with E-state index >= 15 is 0 Å². The number of hydrogen-bond donors (Lipinski definition) is 1. The number of aromatic nitrogens is 1. The van der Waals surface area contributed by atoms with Crippen molar-refractivity contribution >= 4 is 23.4 Å². The van der Waals surface area contributed by atoms with Gasteiger partial charge in [0.15, 0.2) is 0 Å². The minimum absolute atomic E-state index is 0.136. The third-order valence-electron chi connectivity index (χ3n) is 5.38. The molecule has 1 aromatic heterocycles. The van der Waals surface area contributed by atoms with Gasteiger partial charge in [-0.2, -0.15) is 5.26 Å². The first-order valence-corrected chi connectivity index (χ1v) is 12.0. The maximum Gasteiger partial charge on any atom is 0.234 e. The molecule has 1 heterocycles. The number of nitrogens with zero attached hydrogens (tertiary/aromatic N) is 2. The van der Waals surface area contributed by atoms with Gasteiger partial charge in [0, 0.05) is 16.8 Å². The van der Waals surface area contributed by atoms with Gasteiger partial charge in [-0.05, 0) is 55.7 Å². The molecule has 34 heavy (non-hydrogen) atoms. The Labute approximate surface area is 204 Å². The second-order valence-corrected chi connectivity index (χ2v) is 9.26. The van der Waals surface area contributed by atoms with E-state index in [0.717, 1.165) is 44.8 Å². The Kier molecular flexibility index (Phi) is 7.10. The van der Waals surface area contributed by atoms with Crippen molar-refractivity contribution in [2.75, 3.05) is 11.1 Å². The number of benzene rings is 3. The molecule has 0 fully saturated rings. The molecule has 0 radical (unpaired) electrons. The normalized spacial score (nSPS) is 10.5. The Balaban J connectivity index is 1.67. The summed E-state index contributed by atoms with van der Waals surface area (Å²) >= 11 is 1.28. The van der Waals surface area contributed by atoms with Gasteiger partial charge in [0.2, 0.25) is 5.91 Å². The van der Waals surface area contributed by atoms with Gasteiger partial charge >= 0.3 is 0 Å². The van der Waals surface area contributed by atoms with Gasteiger partial charge in [0.25, 0.3) is 0 Å². The molecule has 0 spiro atoms. The molecule has 0 aliphatic rings. The largest absolute Gasteiger partial charge is 0.325 e. The van der Waals surface area contributed by atoms with Crippen molar-refractivity contribution in [2.45, 2.75) is 25.8 Å². The van der Waals surface area contributed by atoms with Crippen LogP contribution in [0.3, 0.4) is 0 Å². The van der Waals surface area contributed by atoms with E-state index in [1.54, 1.807) is 0 Å². The fourth-order valence-electron chi connectivity index (χ4n) is 3.83. The number of carbonyl (C=O) groups is 1. The van der Waals surface area contributed by atoms with Crippen molar-refractivity contribution in [3.8, 4) is 28.5 Å². The highest BCUT2D eigenvalue weighted by Gasteiger charge is 2.17. The monoisotopic (exact) mass is 463 g/mol. The molecule has 0 aliphatic heterocycles. The van der Waals surface area contributed by atoms with Crippen LogP contribution in [0.4, 0.5) is 5.69 Å². The van der Waals surface area contributed by atoms with E-state index in [-0.39, 0.29) is 11.7 Å². The lowest BCUT2D eigenvalue weighted by molar-refractivity contribution is -0.113. The van der Waals surface area contributed by atoms with Crippen molar-refractivity contribution < 1.29 is 4.79 Å². The van der Waals surface area contributed by atoms with E-state index in [0.29, 0.717) is 10.6 Å². The molecule has 1 N–H and O–H groups in total. The highest BCUT2D eigenvalue weighted by atomic mass is 32.2. The summed E-state index contributed by atoms with van der Waals surface area (Å²) in [5.41, 5.74) is 8.08. The molecule has 3 aromatic carbocycles. The van der Waals surface area contributed by atoms with E-state index in [1.807, 2.05) is 93.6 Å². The Bertz CT molecular complexity index is 1350. The van der Waals surface area contributed by atoms with Crippen LogP contribution in [0.15, 0.2) is 83.9 Å². The molecule has 0 saturated heterocycles. The summed E-state index contributed by atoms with van der Waals surface area (Å²) in [4.78, 5) is 17.5. The van der Waals surface area contributed by atoms with Crippen LogP contribution in [0.5, 0.6) is 0 Å². The minimum Gasteiger partial charge on any atom is -0.325 e. The zero-order valence-electron chi connectivity index (χ0n) is 19.4. The van der Waals surface area contributed by atoms with Crippen LogP contribution < -0.4 is 5.32 Å². The lowest BCUT2D eigenvalue weighted by Crippen LogP contribution is -2.14. The Morgan fingerprint density at radius 3 is 2.21 bits per heavy atom. The van der Waals surface area contributed by atoms with E-state index in [1.165, 1.54) is 11.8 Å². The Morgan fingerprint density at radius 2 is 1.56 bits per heavy atom. The summed E-state index contributed by atoms with van der Waals surface area (Å²) in [6.45, 7) is 6.04. The third kappa shape index (κ3) is 5.54. The van der Waals surface area contributed by atoms with Crippen LogP contribution in [-0.2, 0) is 4.79 Å². The molecule has 0 saturated carbocycles. The zero-order chi connectivity index (χ0) is 24.1. The predicted molar refractivity (Wildman–Crippen MR) is 140 cm³/mol. The first-order valence-electron chi connectivity index (χ1n) is 11.0. The van der Waals surface area contributed by atoms with Crippen molar-refractivity contribution in [3.63, 3.8) is 0 Å². The summed E-state index contributed by atoms with van der Waals surface area (Å²) < 4.78 is 0. The van der Waals surface area contributed by atoms with Crippen molar-refractivity contribution in [2.24, 2.45) is 0 Å². The van der Waals surface area contributed by atoms with Gasteiger partial charge in [0.05, 0.1) is 17.0 Å². The molecule has 4 nitrogen and oxygen atoms in total. The standard InChI is InChI=1S/C29H25N3OS/c1-19-9-11-22(12-10-19)25-16-27(23-7-5-4-6-8-23)32-29(26(25)17-30)34-18-28(33)31-24-14-20(2)13-21(3)15-24/h4-16H,18H2,1-3H3,(H,31,33). The fraction of sp³-hybridized carbons (Fsp3) is 0.138. The van der Waals surface area contributed by atoms with E-state index in [2.05, 4.69) is 17.5 Å². The molecule has 5 heteroatoms. The van der Waals surface area contributed by atoms with E-state index in [9.17, 15) is 10.1 Å². The summed E-state index contributed by atoms with van der Waals surface area (Å²) in [5.74, 6) is 0.0166. The van der Waals surface area contributed by atoms with E-state index < -0.39 is 0 Å². The number of amides is 1. The smallest absolute Gasteiger partial charge is 0.234 e. The van der Waals surface area contributed by atoms with Gasteiger partial charge in [-0.3, -0.25) is 4.79 Å². The summed E-state index contributed by atoms with van der Waals surface area (Å²) in [6, 6.07) is 28.2. The highest BCUT2D eigenvalue weighted by Crippen LogP contribution is 2.34. The van der Waals surface area contributed by atoms with Crippen LogP contribution in [0.2, 0.25) is 0 Å². The molecule has 0 aliphatic carbocycles. The maximum atomic E-state index is 12.7. The summed E-state index contributed by atoms with van der Waals surface area (Å²) in [7, 11) is 0. The Hall–Kier alpha value is -3.88. The van der Waals surface area contributed by atoms with Gasteiger partial charge in [-0.15, -0.1) is 0 Å². The molecule has 1 amide bonds. The van der Waals surface area contributed by atoms with Gasteiger partial charge < -0.3 is 5.32 Å². The highest BCUT2D eigenvalue weighted by molar-refractivity contribution is 8.00. The summed E-state index contributed by atoms with van der Waals surface area (Å²) in [6.07, 6.45) is 0. The predicted octanol–water partition coefficient (Wildman–Crippen LogP) is 6.94. The molecule has 4 aromatic rings. The minimum atomic E-state index is -0.136. The molecule has 0 bridgehead atoms. The topological polar surface area (TPSA) is 65.8 Å². The molecule has 4 rings (SSSR count). The van der Waals surface area contributed by atoms with Crippen molar-refractivity contribution in [1.82, 2.24) is 4.98 Å². The number of rotatable bonds is 6. The van der Waals surface area contributed by atoms with Crippen molar-refractivity contribution in [3.05, 3.63) is 101 Å². The van der Waals surface area contributed by atoms with E-state index in [4.69, 9.17) is 4.98 Å². The average molecular weight is 464 g/mol.